The third-order valence-corrected chi connectivity index (χ3v) is 2.33. The van der Waals surface area contributed by atoms with E-state index in [1.165, 1.54) is 6.92 Å². The Hall–Kier alpha value is -1.30. The van der Waals surface area contributed by atoms with Gasteiger partial charge in [-0.3, -0.25) is 4.79 Å². The number of carbonyl (C=O) groups is 2. The molecular weight excluding hydrogens is 276 g/mol. The quantitative estimate of drug-likeness (QED) is 0.824. The molecule has 0 saturated heterocycles. The molecule has 0 bridgehead atoms. The number of ether oxygens (including phenoxy) is 1. The van der Waals surface area contributed by atoms with E-state index in [1.807, 2.05) is 0 Å². The lowest BCUT2D eigenvalue weighted by Crippen LogP contribution is -2.35. The van der Waals surface area contributed by atoms with Crippen LogP contribution in [0.1, 0.15) is 24.3 Å². The molecule has 0 saturated carbocycles. The monoisotopic (exact) mass is 288 g/mol. The first kappa shape index (κ1) is 12.8. The van der Waals surface area contributed by atoms with Gasteiger partial charge in [-0.05, 0) is 35.8 Å². The van der Waals surface area contributed by atoms with Gasteiger partial charge in [0.15, 0.2) is 6.10 Å². The number of esters is 1. The van der Waals surface area contributed by atoms with Gasteiger partial charge in [0.2, 0.25) is 0 Å². The second-order valence-electron chi connectivity index (χ2n) is 3.17. The first-order valence-electron chi connectivity index (χ1n) is 4.87. The van der Waals surface area contributed by atoms with Crippen molar-refractivity contribution in [1.82, 2.24) is 10.3 Å². The molecular formula is C10H13BrN2O3. The van der Waals surface area contributed by atoms with Crippen LogP contribution >= 0.6 is 15.9 Å². The number of likely N-dealkylation sites (N-methyl/N-ethyl adjacent to an activating group) is 1. The van der Waals surface area contributed by atoms with Crippen molar-refractivity contribution in [2.24, 2.45) is 0 Å². The largest absolute Gasteiger partial charge is 0.448 e. The normalized spacial score (nSPS) is 11.9. The summed E-state index contributed by atoms with van der Waals surface area (Å²) in [7, 11) is 0. The Morgan fingerprint density at radius 2 is 2.31 bits per heavy atom. The van der Waals surface area contributed by atoms with E-state index in [0.717, 1.165) is 4.47 Å². The van der Waals surface area contributed by atoms with E-state index in [-0.39, 0.29) is 5.91 Å². The summed E-state index contributed by atoms with van der Waals surface area (Å²) >= 11 is 3.20. The van der Waals surface area contributed by atoms with Crippen molar-refractivity contribution in [2.45, 2.75) is 20.0 Å². The molecule has 1 unspecified atom stereocenters. The lowest BCUT2D eigenvalue weighted by Gasteiger charge is -2.11. The van der Waals surface area contributed by atoms with Gasteiger partial charge in [-0.2, -0.15) is 0 Å². The number of H-pyrrole nitrogens is 1. The van der Waals surface area contributed by atoms with Gasteiger partial charge in [-0.1, -0.05) is 0 Å². The molecule has 0 aliphatic carbocycles. The highest BCUT2D eigenvalue weighted by atomic mass is 79.9. The molecule has 0 aliphatic heterocycles. The van der Waals surface area contributed by atoms with Crippen molar-refractivity contribution in [3.05, 3.63) is 22.4 Å². The van der Waals surface area contributed by atoms with Crippen LogP contribution in [-0.2, 0) is 9.53 Å². The van der Waals surface area contributed by atoms with E-state index < -0.39 is 12.1 Å². The number of amides is 1. The van der Waals surface area contributed by atoms with Crippen LogP contribution in [-0.4, -0.2) is 29.5 Å². The first-order chi connectivity index (χ1) is 7.54. The highest BCUT2D eigenvalue weighted by Crippen LogP contribution is 2.12. The molecule has 0 aromatic carbocycles. The van der Waals surface area contributed by atoms with Crippen LogP contribution in [0.3, 0.4) is 0 Å². The lowest BCUT2D eigenvalue weighted by molar-refractivity contribution is -0.128. The molecule has 1 aromatic heterocycles. The molecule has 0 radical (unpaired) electrons. The number of carbonyl (C=O) groups excluding carboxylic acids is 2. The molecule has 88 valence electrons. The maximum atomic E-state index is 11.5. The number of hydrogen-bond acceptors (Lipinski definition) is 3. The molecule has 16 heavy (non-hydrogen) atoms. The SMILES string of the molecule is CCNC(=O)C(C)OC(=O)c1cc(Br)c[nH]1. The summed E-state index contributed by atoms with van der Waals surface area (Å²) < 4.78 is 5.72. The minimum absolute atomic E-state index is 0.304. The van der Waals surface area contributed by atoms with Gasteiger partial charge in [-0.15, -0.1) is 0 Å². The fourth-order valence-electron chi connectivity index (χ4n) is 1.08. The Morgan fingerprint density at radius 1 is 1.62 bits per heavy atom. The minimum atomic E-state index is -0.797. The van der Waals surface area contributed by atoms with Crippen molar-refractivity contribution in [3.8, 4) is 0 Å². The van der Waals surface area contributed by atoms with Crippen LogP contribution in [0.4, 0.5) is 0 Å². The fraction of sp³-hybridized carbons (Fsp3) is 0.400. The van der Waals surface area contributed by atoms with Crippen LogP contribution in [0, 0.1) is 0 Å². The van der Waals surface area contributed by atoms with Crippen LogP contribution in [0.15, 0.2) is 16.7 Å². The average molecular weight is 289 g/mol. The summed E-state index contributed by atoms with van der Waals surface area (Å²) in [6.45, 7) is 3.84. The van der Waals surface area contributed by atoms with Gasteiger partial charge in [0.1, 0.15) is 5.69 Å². The molecule has 6 heteroatoms. The molecule has 1 atom stereocenters. The Bertz CT molecular complexity index is 389. The lowest BCUT2D eigenvalue weighted by atomic mass is 10.3. The minimum Gasteiger partial charge on any atom is -0.448 e. The summed E-state index contributed by atoms with van der Waals surface area (Å²) in [6.07, 6.45) is 0.822. The van der Waals surface area contributed by atoms with Crippen LogP contribution in [0.2, 0.25) is 0 Å². The van der Waals surface area contributed by atoms with Crippen LogP contribution < -0.4 is 5.32 Å². The van der Waals surface area contributed by atoms with Gasteiger partial charge >= 0.3 is 5.97 Å². The second kappa shape index (κ2) is 5.69. The fourth-order valence-corrected chi connectivity index (χ4v) is 1.42. The molecule has 1 amide bonds. The van der Waals surface area contributed by atoms with E-state index in [2.05, 4.69) is 26.2 Å². The highest BCUT2D eigenvalue weighted by Gasteiger charge is 2.18. The van der Waals surface area contributed by atoms with E-state index in [4.69, 9.17) is 4.74 Å². The summed E-state index contributed by atoms with van der Waals surface area (Å²) in [6, 6.07) is 1.59. The third kappa shape index (κ3) is 3.37. The maximum absolute atomic E-state index is 11.5. The van der Waals surface area contributed by atoms with Gasteiger partial charge in [0.05, 0.1) is 0 Å². The second-order valence-corrected chi connectivity index (χ2v) is 4.09. The molecule has 5 nitrogen and oxygen atoms in total. The standard InChI is InChI=1S/C10H13BrN2O3/c1-3-12-9(14)6(2)16-10(15)8-4-7(11)5-13-8/h4-6,13H,3H2,1-2H3,(H,12,14). The molecule has 1 heterocycles. The molecule has 0 spiro atoms. The third-order valence-electron chi connectivity index (χ3n) is 1.87. The Labute approximate surface area is 102 Å². The summed E-state index contributed by atoms with van der Waals surface area (Å²) in [5.74, 6) is -0.856. The van der Waals surface area contributed by atoms with Gasteiger partial charge in [0.25, 0.3) is 5.91 Å². The van der Waals surface area contributed by atoms with E-state index >= 15 is 0 Å². The van der Waals surface area contributed by atoms with E-state index in [0.29, 0.717) is 12.2 Å². The Balaban J connectivity index is 2.54. The number of halogens is 1. The van der Waals surface area contributed by atoms with Crippen molar-refractivity contribution in [1.29, 1.82) is 0 Å². The summed E-state index contributed by atoms with van der Waals surface area (Å²) in [4.78, 5) is 25.6. The number of rotatable bonds is 4. The van der Waals surface area contributed by atoms with E-state index in [1.54, 1.807) is 19.2 Å². The molecule has 1 aromatic rings. The maximum Gasteiger partial charge on any atom is 0.355 e. The van der Waals surface area contributed by atoms with Gasteiger partial charge < -0.3 is 15.0 Å². The summed E-state index contributed by atoms with van der Waals surface area (Å²) in [5, 5.41) is 2.57. The van der Waals surface area contributed by atoms with Crippen molar-refractivity contribution in [2.75, 3.05) is 6.54 Å². The molecule has 2 N–H and O–H groups in total. The number of nitrogens with one attached hydrogen (secondary N) is 2. The Morgan fingerprint density at radius 3 is 2.81 bits per heavy atom. The van der Waals surface area contributed by atoms with Crippen LogP contribution in [0.25, 0.3) is 0 Å². The van der Waals surface area contributed by atoms with E-state index in [9.17, 15) is 9.59 Å². The zero-order chi connectivity index (χ0) is 12.1. The number of hydrogen-bond donors (Lipinski definition) is 2. The number of aromatic amines is 1. The predicted molar refractivity (Wildman–Crippen MR) is 62.1 cm³/mol. The predicted octanol–water partition coefficient (Wildman–Crippen LogP) is 1.46. The van der Waals surface area contributed by atoms with Crippen LogP contribution in [0.5, 0.6) is 0 Å². The van der Waals surface area contributed by atoms with Crippen molar-refractivity contribution < 1.29 is 14.3 Å². The zero-order valence-corrected chi connectivity index (χ0v) is 10.6. The first-order valence-corrected chi connectivity index (χ1v) is 5.66. The topological polar surface area (TPSA) is 71.2 Å². The number of aromatic nitrogens is 1. The smallest absolute Gasteiger partial charge is 0.355 e. The summed E-state index contributed by atoms with van der Waals surface area (Å²) in [5.41, 5.74) is 0.308. The van der Waals surface area contributed by atoms with Crippen molar-refractivity contribution in [3.63, 3.8) is 0 Å². The highest BCUT2D eigenvalue weighted by molar-refractivity contribution is 9.10. The molecule has 0 aliphatic rings. The van der Waals surface area contributed by atoms with Crippen molar-refractivity contribution >= 4 is 27.8 Å². The molecule has 0 fully saturated rings. The Kier molecular flexibility index (Phi) is 4.54. The average Bonchev–Trinajstić information content (AvgIpc) is 2.65. The van der Waals surface area contributed by atoms with Gasteiger partial charge in [-0.25, -0.2) is 4.79 Å². The molecule has 1 rings (SSSR count). The van der Waals surface area contributed by atoms with Gasteiger partial charge in [0, 0.05) is 17.2 Å². The zero-order valence-electron chi connectivity index (χ0n) is 9.04.